The van der Waals surface area contributed by atoms with E-state index >= 15 is 0 Å². The molecule has 0 aliphatic rings. The zero-order valence-corrected chi connectivity index (χ0v) is 11.7. The lowest BCUT2D eigenvalue weighted by atomic mass is 10.1. The third kappa shape index (κ3) is 3.14. The molecule has 1 heterocycles. The van der Waals surface area contributed by atoms with Gasteiger partial charge in [0, 0.05) is 20.1 Å². The van der Waals surface area contributed by atoms with Crippen molar-refractivity contribution in [2.24, 2.45) is 7.05 Å². The van der Waals surface area contributed by atoms with Crippen LogP contribution in [0.2, 0.25) is 5.02 Å². The first-order valence-electron chi connectivity index (χ1n) is 5.99. The topological polar surface area (TPSA) is 53.6 Å². The minimum Gasteiger partial charge on any atom is -0.307 e. The summed E-state index contributed by atoms with van der Waals surface area (Å²) in [5, 5.41) is 17.1. The molecule has 0 saturated heterocycles. The van der Waals surface area contributed by atoms with E-state index in [4.69, 9.17) is 16.9 Å². The number of nitrogens with one attached hydrogen (secondary N) is 1. The summed E-state index contributed by atoms with van der Waals surface area (Å²) >= 11 is 6.18. The Morgan fingerprint density at radius 2 is 2.21 bits per heavy atom. The van der Waals surface area contributed by atoms with E-state index in [0.29, 0.717) is 23.7 Å². The van der Waals surface area contributed by atoms with Crippen molar-refractivity contribution < 1.29 is 0 Å². The fourth-order valence-electron chi connectivity index (χ4n) is 1.95. The molecule has 1 aromatic heterocycles. The van der Waals surface area contributed by atoms with E-state index in [1.807, 2.05) is 32.2 Å². The molecule has 0 aliphatic heterocycles. The van der Waals surface area contributed by atoms with E-state index in [9.17, 15) is 0 Å². The maximum Gasteiger partial charge on any atom is 0.0991 e. The van der Waals surface area contributed by atoms with E-state index in [1.165, 1.54) is 0 Å². The molecular formula is C14H15ClN4. The van der Waals surface area contributed by atoms with Gasteiger partial charge in [-0.25, -0.2) is 0 Å². The van der Waals surface area contributed by atoms with Crippen LogP contribution >= 0.6 is 11.6 Å². The number of hydrogen-bond donors (Lipinski definition) is 1. The second-order valence-corrected chi connectivity index (χ2v) is 4.76. The van der Waals surface area contributed by atoms with Gasteiger partial charge in [-0.15, -0.1) is 0 Å². The average Bonchev–Trinajstić information content (AvgIpc) is 2.65. The zero-order chi connectivity index (χ0) is 13.8. The lowest BCUT2D eigenvalue weighted by Gasteiger charge is -2.06. The molecule has 98 valence electrons. The number of aryl methyl sites for hydroxylation is 2. The van der Waals surface area contributed by atoms with Gasteiger partial charge in [0.2, 0.25) is 0 Å². The van der Waals surface area contributed by atoms with Gasteiger partial charge in [-0.1, -0.05) is 23.7 Å². The predicted molar refractivity (Wildman–Crippen MR) is 74.7 cm³/mol. The molecule has 0 amide bonds. The number of nitrogens with zero attached hydrogens (tertiary/aromatic N) is 3. The average molecular weight is 275 g/mol. The third-order valence-electron chi connectivity index (χ3n) is 2.94. The second kappa shape index (κ2) is 5.87. The fraction of sp³-hybridized carbons (Fsp3) is 0.286. The van der Waals surface area contributed by atoms with Crippen molar-refractivity contribution in [1.29, 1.82) is 5.26 Å². The molecule has 2 aromatic rings. The highest BCUT2D eigenvalue weighted by atomic mass is 35.5. The van der Waals surface area contributed by atoms with E-state index in [-0.39, 0.29) is 0 Å². The molecule has 0 saturated carbocycles. The maximum atomic E-state index is 8.84. The van der Waals surface area contributed by atoms with Gasteiger partial charge < -0.3 is 5.32 Å². The standard InChI is InChI=1S/C14H15ClN4/c1-10-14(15)13(19(2)18-10)9-17-8-12-5-3-4-11(6-12)7-16/h3-6,17H,8-9H2,1-2H3. The van der Waals surface area contributed by atoms with Gasteiger partial charge in [0.05, 0.1) is 28.0 Å². The monoisotopic (exact) mass is 274 g/mol. The highest BCUT2D eigenvalue weighted by molar-refractivity contribution is 6.31. The molecule has 1 N–H and O–H groups in total. The van der Waals surface area contributed by atoms with Crippen LogP contribution in [0.25, 0.3) is 0 Å². The summed E-state index contributed by atoms with van der Waals surface area (Å²) in [6, 6.07) is 9.68. The summed E-state index contributed by atoms with van der Waals surface area (Å²) in [6.45, 7) is 3.23. The summed E-state index contributed by atoms with van der Waals surface area (Å²) in [6.07, 6.45) is 0. The van der Waals surface area contributed by atoms with Gasteiger partial charge in [0.15, 0.2) is 0 Å². The fourth-order valence-corrected chi connectivity index (χ4v) is 2.18. The van der Waals surface area contributed by atoms with Gasteiger partial charge in [0.1, 0.15) is 0 Å². The molecule has 19 heavy (non-hydrogen) atoms. The van der Waals surface area contributed by atoms with Crippen LogP contribution in [0.1, 0.15) is 22.5 Å². The summed E-state index contributed by atoms with van der Waals surface area (Å²) in [4.78, 5) is 0. The molecule has 0 fully saturated rings. The summed E-state index contributed by atoms with van der Waals surface area (Å²) < 4.78 is 1.79. The first-order chi connectivity index (χ1) is 9.11. The van der Waals surface area contributed by atoms with Crippen molar-refractivity contribution >= 4 is 11.6 Å². The highest BCUT2D eigenvalue weighted by Crippen LogP contribution is 2.19. The molecule has 0 aliphatic carbocycles. The van der Waals surface area contributed by atoms with Crippen LogP contribution in [0.4, 0.5) is 0 Å². The van der Waals surface area contributed by atoms with Gasteiger partial charge in [-0.3, -0.25) is 4.68 Å². The highest BCUT2D eigenvalue weighted by Gasteiger charge is 2.10. The van der Waals surface area contributed by atoms with E-state index in [0.717, 1.165) is 17.0 Å². The molecule has 4 nitrogen and oxygen atoms in total. The van der Waals surface area contributed by atoms with E-state index < -0.39 is 0 Å². The summed E-state index contributed by atoms with van der Waals surface area (Å²) in [7, 11) is 1.88. The van der Waals surface area contributed by atoms with Crippen molar-refractivity contribution in [3.05, 3.63) is 51.8 Å². The molecule has 0 spiro atoms. The Labute approximate surface area is 117 Å². The van der Waals surface area contributed by atoms with Crippen LogP contribution in [0.3, 0.4) is 0 Å². The zero-order valence-electron chi connectivity index (χ0n) is 10.9. The van der Waals surface area contributed by atoms with Crippen LogP contribution < -0.4 is 5.32 Å². The molecule has 5 heteroatoms. The minimum absolute atomic E-state index is 0.646. The number of halogens is 1. The largest absolute Gasteiger partial charge is 0.307 e. The molecule has 0 radical (unpaired) electrons. The Hall–Kier alpha value is -1.83. The van der Waals surface area contributed by atoms with E-state index in [2.05, 4.69) is 16.5 Å². The van der Waals surface area contributed by atoms with E-state index in [1.54, 1.807) is 10.7 Å². The Kier molecular flexibility index (Phi) is 4.20. The van der Waals surface area contributed by atoms with Crippen LogP contribution in [0, 0.1) is 18.3 Å². The first-order valence-corrected chi connectivity index (χ1v) is 6.37. The van der Waals surface area contributed by atoms with Crippen LogP contribution in [0.15, 0.2) is 24.3 Å². The minimum atomic E-state index is 0.646. The van der Waals surface area contributed by atoms with Crippen LogP contribution in [-0.4, -0.2) is 9.78 Å². The summed E-state index contributed by atoms with van der Waals surface area (Å²) in [5.74, 6) is 0. The number of nitriles is 1. The van der Waals surface area contributed by atoms with Crippen molar-refractivity contribution in [1.82, 2.24) is 15.1 Å². The van der Waals surface area contributed by atoms with Gasteiger partial charge in [0.25, 0.3) is 0 Å². The number of aromatic nitrogens is 2. The van der Waals surface area contributed by atoms with Gasteiger partial charge in [-0.2, -0.15) is 10.4 Å². The summed E-state index contributed by atoms with van der Waals surface area (Å²) in [5.41, 5.74) is 3.56. The molecule has 0 atom stereocenters. The predicted octanol–water partition coefficient (Wildman–Crippen LogP) is 2.54. The number of rotatable bonds is 4. The first kappa shape index (κ1) is 13.6. The van der Waals surface area contributed by atoms with Crippen LogP contribution in [0.5, 0.6) is 0 Å². The van der Waals surface area contributed by atoms with Crippen molar-refractivity contribution in [2.75, 3.05) is 0 Å². The Bertz CT molecular complexity index is 625. The van der Waals surface area contributed by atoms with Crippen molar-refractivity contribution in [2.45, 2.75) is 20.0 Å². The molecule has 0 unspecified atom stereocenters. The molecular weight excluding hydrogens is 260 g/mol. The third-order valence-corrected chi connectivity index (χ3v) is 3.43. The maximum absolute atomic E-state index is 8.84. The normalized spacial score (nSPS) is 10.4. The SMILES string of the molecule is Cc1nn(C)c(CNCc2cccc(C#N)c2)c1Cl. The van der Waals surface area contributed by atoms with Crippen molar-refractivity contribution in [3.8, 4) is 6.07 Å². The molecule has 0 bridgehead atoms. The number of hydrogen-bond acceptors (Lipinski definition) is 3. The lowest BCUT2D eigenvalue weighted by Crippen LogP contribution is -2.15. The smallest absolute Gasteiger partial charge is 0.0991 e. The molecule has 1 aromatic carbocycles. The molecule has 2 rings (SSSR count). The Balaban J connectivity index is 1.98. The van der Waals surface area contributed by atoms with Gasteiger partial charge >= 0.3 is 0 Å². The number of benzene rings is 1. The van der Waals surface area contributed by atoms with Gasteiger partial charge in [-0.05, 0) is 24.6 Å². The lowest BCUT2D eigenvalue weighted by molar-refractivity contribution is 0.624. The second-order valence-electron chi connectivity index (χ2n) is 4.39. The Morgan fingerprint density at radius 1 is 1.42 bits per heavy atom. The Morgan fingerprint density at radius 3 is 2.84 bits per heavy atom. The van der Waals surface area contributed by atoms with Crippen molar-refractivity contribution in [3.63, 3.8) is 0 Å². The quantitative estimate of drug-likeness (QED) is 0.932. The van der Waals surface area contributed by atoms with Crippen LogP contribution in [-0.2, 0) is 20.1 Å².